The van der Waals surface area contributed by atoms with Crippen molar-refractivity contribution < 1.29 is 0 Å². The average molecular weight is 159 g/mol. The Bertz CT molecular complexity index is 190. The summed E-state index contributed by atoms with van der Waals surface area (Å²) in [4.78, 5) is 4.25. The number of nitrogens with zero attached hydrogens (tertiary/aromatic N) is 1. The number of hydrogen-bond donors (Lipinski definition) is 1. The topological polar surface area (TPSA) is 38.4 Å². The molecule has 3 heteroatoms. The van der Waals surface area contributed by atoms with Gasteiger partial charge in [0.2, 0.25) is 0 Å². The predicted molar refractivity (Wildman–Crippen MR) is 42.3 cm³/mol. The number of halogens is 1. The van der Waals surface area contributed by atoms with Crippen LogP contribution in [0, 0.1) is 11.8 Å². The summed E-state index contributed by atoms with van der Waals surface area (Å²) >= 11 is 5.96. The van der Waals surface area contributed by atoms with Gasteiger partial charge in [0.25, 0.3) is 0 Å². The van der Waals surface area contributed by atoms with Crippen molar-refractivity contribution in [3.05, 3.63) is 0 Å². The Morgan fingerprint density at radius 3 is 3.00 bits per heavy atom. The van der Waals surface area contributed by atoms with Crippen LogP contribution in [-0.4, -0.2) is 17.3 Å². The molecule has 0 aromatic heterocycles. The van der Waals surface area contributed by atoms with Crippen LogP contribution in [0.3, 0.4) is 0 Å². The molecule has 56 valence electrons. The van der Waals surface area contributed by atoms with Crippen molar-refractivity contribution in [2.45, 2.75) is 24.8 Å². The highest BCUT2D eigenvalue weighted by atomic mass is 35.5. The van der Waals surface area contributed by atoms with Crippen molar-refractivity contribution in [3.63, 3.8) is 0 Å². The highest BCUT2D eigenvalue weighted by molar-refractivity contribution is 6.23. The van der Waals surface area contributed by atoms with Crippen molar-refractivity contribution in [2.75, 3.05) is 0 Å². The number of nitrogens with two attached hydrogens (primary N) is 1. The first-order valence-electron chi connectivity index (χ1n) is 3.66. The van der Waals surface area contributed by atoms with Crippen LogP contribution in [0.15, 0.2) is 4.99 Å². The zero-order valence-corrected chi connectivity index (χ0v) is 6.67. The number of rotatable bonds is 0. The standard InChI is InChI=1S/C7H11ClN2/c1-3-2-4(9)10-7-5(3)6(7)8/h3,5-7H,2H2,1H3,(H2,9,10)/t3?,5?,6-,7?/m1/s1. The summed E-state index contributed by atoms with van der Waals surface area (Å²) in [5.74, 6) is 2.05. The highest BCUT2D eigenvalue weighted by Crippen LogP contribution is 2.48. The molecule has 0 amide bonds. The molecule has 10 heavy (non-hydrogen) atoms. The zero-order valence-electron chi connectivity index (χ0n) is 5.92. The normalized spacial score (nSPS) is 51.6. The van der Waals surface area contributed by atoms with Crippen LogP contribution >= 0.6 is 11.6 Å². The summed E-state index contributed by atoms with van der Waals surface area (Å²) in [5.41, 5.74) is 5.60. The van der Waals surface area contributed by atoms with E-state index in [1.54, 1.807) is 0 Å². The number of amidine groups is 1. The minimum absolute atomic E-state index is 0.274. The van der Waals surface area contributed by atoms with E-state index in [0.717, 1.165) is 12.3 Å². The number of aliphatic imine (C=N–C) groups is 1. The van der Waals surface area contributed by atoms with Crippen LogP contribution < -0.4 is 5.73 Å². The van der Waals surface area contributed by atoms with Crippen molar-refractivity contribution in [1.82, 2.24) is 0 Å². The molecule has 2 rings (SSSR count). The molecule has 2 aliphatic rings. The number of alkyl halides is 1. The second-order valence-electron chi connectivity index (χ2n) is 3.31. The van der Waals surface area contributed by atoms with Gasteiger partial charge in [0.15, 0.2) is 0 Å². The molecule has 0 saturated heterocycles. The van der Waals surface area contributed by atoms with Crippen molar-refractivity contribution in [3.8, 4) is 0 Å². The molecule has 4 atom stereocenters. The van der Waals surface area contributed by atoms with E-state index in [1.807, 2.05) is 0 Å². The molecule has 0 aromatic rings. The van der Waals surface area contributed by atoms with Gasteiger partial charge in [0, 0.05) is 12.3 Å². The van der Waals surface area contributed by atoms with Crippen molar-refractivity contribution >= 4 is 17.4 Å². The predicted octanol–water partition coefficient (Wildman–Crippen LogP) is 0.989. The Labute approximate surface area is 65.5 Å². The highest BCUT2D eigenvalue weighted by Gasteiger charge is 2.54. The lowest BCUT2D eigenvalue weighted by Crippen LogP contribution is -2.22. The molecule has 1 heterocycles. The van der Waals surface area contributed by atoms with Crippen molar-refractivity contribution in [1.29, 1.82) is 0 Å². The van der Waals surface area contributed by atoms with E-state index in [2.05, 4.69) is 11.9 Å². The Morgan fingerprint density at radius 2 is 2.40 bits per heavy atom. The summed E-state index contributed by atoms with van der Waals surface area (Å²) in [5, 5.41) is 0.274. The van der Waals surface area contributed by atoms with Gasteiger partial charge in [-0.05, 0) is 5.92 Å². The molecule has 0 aromatic carbocycles. The first-order chi connectivity index (χ1) is 4.70. The molecule has 1 aliphatic heterocycles. The molecule has 0 bridgehead atoms. The zero-order chi connectivity index (χ0) is 7.30. The van der Waals surface area contributed by atoms with E-state index < -0.39 is 0 Å². The Hall–Kier alpha value is -0.240. The molecule has 1 aliphatic carbocycles. The maximum atomic E-state index is 5.96. The summed E-state index contributed by atoms with van der Waals surface area (Å²) in [6, 6.07) is 0.352. The van der Waals surface area contributed by atoms with Gasteiger partial charge >= 0.3 is 0 Å². The van der Waals surface area contributed by atoms with E-state index in [9.17, 15) is 0 Å². The van der Waals surface area contributed by atoms with Crippen LogP contribution in [0.4, 0.5) is 0 Å². The first-order valence-corrected chi connectivity index (χ1v) is 4.10. The number of hydrogen-bond acceptors (Lipinski definition) is 2. The number of fused-ring (bicyclic) bond motifs is 1. The Balaban J connectivity index is 2.18. The minimum Gasteiger partial charge on any atom is -0.387 e. The fraction of sp³-hybridized carbons (Fsp3) is 0.857. The third-order valence-corrected chi connectivity index (χ3v) is 3.00. The molecule has 2 nitrogen and oxygen atoms in total. The maximum Gasteiger partial charge on any atom is 0.0944 e. The van der Waals surface area contributed by atoms with Gasteiger partial charge in [0.1, 0.15) is 0 Å². The second kappa shape index (κ2) is 1.88. The summed E-state index contributed by atoms with van der Waals surface area (Å²) in [7, 11) is 0. The van der Waals surface area contributed by atoms with Crippen LogP contribution in [0.25, 0.3) is 0 Å². The lowest BCUT2D eigenvalue weighted by atomic mass is 9.99. The van der Waals surface area contributed by atoms with E-state index in [4.69, 9.17) is 17.3 Å². The molecular weight excluding hydrogens is 148 g/mol. The van der Waals surface area contributed by atoms with E-state index in [-0.39, 0.29) is 5.38 Å². The second-order valence-corrected chi connectivity index (χ2v) is 3.82. The molecule has 1 saturated carbocycles. The van der Waals surface area contributed by atoms with Crippen molar-refractivity contribution in [2.24, 2.45) is 22.6 Å². The van der Waals surface area contributed by atoms with Crippen LogP contribution in [0.2, 0.25) is 0 Å². The van der Waals surface area contributed by atoms with Crippen LogP contribution in [-0.2, 0) is 0 Å². The van der Waals surface area contributed by atoms with E-state index >= 15 is 0 Å². The van der Waals surface area contributed by atoms with Gasteiger partial charge in [-0.15, -0.1) is 11.6 Å². The average Bonchev–Trinajstić information content (AvgIpc) is 2.42. The van der Waals surface area contributed by atoms with Crippen LogP contribution in [0.1, 0.15) is 13.3 Å². The summed E-state index contributed by atoms with van der Waals surface area (Å²) in [6.07, 6.45) is 0.935. The summed E-state index contributed by atoms with van der Waals surface area (Å²) < 4.78 is 0. The first kappa shape index (κ1) is 6.47. The quantitative estimate of drug-likeness (QED) is 0.525. The van der Waals surface area contributed by atoms with Gasteiger partial charge in [-0.2, -0.15) is 0 Å². The maximum absolute atomic E-state index is 5.96. The molecule has 1 fully saturated rings. The third kappa shape index (κ3) is 0.749. The Kier molecular flexibility index (Phi) is 1.21. The smallest absolute Gasteiger partial charge is 0.0944 e. The van der Waals surface area contributed by atoms with Gasteiger partial charge in [-0.25, -0.2) is 0 Å². The molecule has 2 N–H and O–H groups in total. The lowest BCUT2D eigenvalue weighted by molar-refractivity contribution is 0.499. The summed E-state index contributed by atoms with van der Waals surface area (Å²) in [6.45, 7) is 2.20. The minimum atomic E-state index is 0.274. The molecule has 0 spiro atoms. The van der Waals surface area contributed by atoms with E-state index in [0.29, 0.717) is 17.9 Å². The fourth-order valence-corrected chi connectivity index (χ4v) is 2.34. The SMILES string of the molecule is CC1CC(N)=NC2C1[C@H]2Cl. The molecule has 0 radical (unpaired) electrons. The molecular formula is C7H11ClN2. The van der Waals surface area contributed by atoms with Crippen LogP contribution in [0.5, 0.6) is 0 Å². The van der Waals surface area contributed by atoms with Gasteiger partial charge in [0.05, 0.1) is 17.3 Å². The Morgan fingerprint density at radius 1 is 1.70 bits per heavy atom. The van der Waals surface area contributed by atoms with Gasteiger partial charge < -0.3 is 5.73 Å². The fourth-order valence-electron chi connectivity index (χ4n) is 1.80. The lowest BCUT2D eigenvalue weighted by Gasteiger charge is -2.13. The van der Waals surface area contributed by atoms with E-state index in [1.165, 1.54) is 0 Å². The van der Waals surface area contributed by atoms with Gasteiger partial charge in [-0.1, -0.05) is 6.92 Å². The monoisotopic (exact) mass is 158 g/mol. The molecule has 3 unspecified atom stereocenters. The third-order valence-electron chi connectivity index (χ3n) is 2.45. The van der Waals surface area contributed by atoms with Gasteiger partial charge in [-0.3, -0.25) is 4.99 Å². The largest absolute Gasteiger partial charge is 0.387 e.